The van der Waals surface area contributed by atoms with Crippen LogP contribution in [0.5, 0.6) is 0 Å². The van der Waals surface area contributed by atoms with Crippen LogP contribution in [-0.4, -0.2) is 32.9 Å². The minimum Gasteiger partial charge on any atom is -0.385 e. The normalized spacial score (nSPS) is 14.4. The van der Waals surface area contributed by atoms with E-state index < -0.39 is 9.84 Å². The lowest BCUT2D eigenvalue weighted by molar-refractivity contribution is -0.115. The molecule has 1 heterocycles. The lowest BCUT2D eigenvalue weighted by Crippen LogP contribution is -2.17. The fourth-order valence-electron chi connectivity index (χ4n) is 2.05. The van der Waals surface area contributed by atoms with E-state index in [2.05, 4.69) is 10.6 Å². The fraction of sp³-hybridized carbons (Fsp3) is 0.462. The number of hydrogen-bond acceptors (Lipinski definition) is 4. The number of carbonyl (C=O) groups excluding carboxylic acids is 1. The molecule has 0 saturated carbocycles. The van der Waals surface area contributed by atoms with Gasteiger partial charge in [0.25, 0.3) is 0 Å². The molecule has 0 unspecified atom stereocenters. The molecule has 104 valence electrons. The molecular weight excluding hydrogens is 264 g/mol. The van der Waals surface area contributed by atoms with Crippen LogP contribution in [0.3, 0.4) is 0 Å². The van der Waals surface area contributed by atoms with E-state index in [9.17, 15) is 13.2 Å². The fourth-order valence-corrected chi connectivity index (χ4v) is 2.61. The number of benzene rings is 1. The maximum atomic E-state index is 11.6. The summed E-state index contributed by atoms with van der Waals surface area (Å²) < 4.78 is 22.0. The third kappa shape index (κ3) is 4.24. The Morgan fingerprint density at radius 1 is 1.42 bits per heavy atom. The van der Waals surface area contributed by atoms with Crippen molar-refractivity contribution in [3.8, 4) is 0 Å². The molecule has 0 bridgehead atoms. The molecule has 1 aliphatic rings. The van der Waals surface area contributed by atoms with E-state index in [1.165, 1.54) is 5.56 Å². The molecule has 1 aromatic carbocycles. The molecule has 0 aromatic heterocycles. The van der Waals surface area contributed by atoms with Crippen molar-refractivity contribution >= 4 is 27.1 Å². The van der Waals surface area contributed by atoms with Gasteiger partial charge in [-0.15, -0.1) is 0 Å². The topological polar surface area (TPSA) is 75.3 Å². The molecule has 0 spiro atoms. The quantitative estimate of drug-likeness (QED) is 0.875. The van der Waals surface area contributed by atoms with Crippen LogP contribution < -0.4 is 10.6 Å². The second-order valence-electron chi connectivity index (χ2n) is 4.83. The zero-order chi connectivity index (χ0) is 13.9. The minimum absolute atomic E-state index is 0.00579. The number of hydrogen-bond donors (Lipinski definition) is 2. The Morgan fingerprint density at radius 3 is 2.95 bits per heavy atom. The van der Waals surface area contributed by atoms with Crippen molar-refractivity contribution in [1.29, 1.82) is 0 Å². The molecule has 0 radical (unpaired) electrons. The van der Waals surface area contributed by atoms with Crippen LogP contribution in [-0.2, 0) is 21.1 Å². The second kappa shape index (κ2) is 5.61. The second-order valence-corrected chi connectivity index (χ2v) is 7.09. The highest BCUT2D eigenvalue weighted by atomic mass is 32.2. The molecule has 1 aliphatic heterocycles. The summed E-state index contributed by atoms with van der Waals surface area (Å²) >= 11 is 0. The van der Waals surface area contributed by atoms with Crippen molar-refractivity contribution in [3.05, 3.63) is 23.8 Å². The lowest BCUT2D eigenvalue weighted by Gasteiger charge is -2.18. The van der Waals surface area contributed by atoms with E-state index in [4.69, 9.17) is 0 Å². The molecule has 5 nitrogen and oxygen atoms in total. The van der Waals surface area contributed by atoms with Gasteiger partial charge in [-0.1, -0.05) is 0 Å². The molecule has 2 N–H and O–H groups in total. The molecule has 1 amide bonds. The Bertz CT molecular complexity index is 582. The highest BCUT2D eigenvalue weighted by Gasteiger charge is 2.11. The SMILES string of the molecule is CS(=O)(=O)CCC(=O)Nc1ccc2c(c1)CCCN2. The number of sulfone groups is 1. The monoisotopic (exact) mass is 282 g/mol. The van der Waals surface area contributed by atoms with E-state index in [0.29, 0.717) is 0 Å². The van der Waals surface area contributed by atoms with Gasteiger partial charge in [-0.2, -0.15) is 0 Å². The smallest absolute Gasteiger partial charge is 0.225 e. The summed E-state index contributed by atoms with van der Waals surface area (Å²) in [5.41, 5.74) is 3.02. The summed E-state index contributed by atoms with van der Waals surface area (Å²) in [6.07, 6.45) is 3.20. The van der Waals surface area contributed by atoms with E-state index in [1.807, 2.05) is 18.2 Å². The molecule has 2 rings (SSSR count). The summed E-state index contributed by atoms with van der Waals surface area (Å²) in [5.74, 6) is -0.389. The van der Waals surface area contributed by atoms with Crippen molar-refractivity contribution in [2.75, 3.05) is 29.2 Å². The van der Waals surface area contributed by atoms with Crippen molar-refractivity contribution in [2.24, 2.45) is 0 Å². The first kappa shape index (κ1) is 13.9. The van der Waals surface area contributed by atoms with E-state index in [-0.39, 0.29) is 18.1 Å². The van der Waals surface area contributed by atoms with Gasteiger partial charge in [-0.05, 0) is 36.6 Å². The van der Waals surface area contributed by atoms with Gasteiger partial charge in [0.1, 0.15) is 9.84 Å². The summed E-state index contributed by atoms with van der Waals surface area (Å²) in [5, 5.41) is 6.03. The zero-order valence-corrected chi connectivity index (χ0v) is 11.7. The number of carbonyl (C=O) groups is 1. The van der Waals surface area contributed by atoms with Crippen LogP contribution in [0.1, 0.15) is 18.4 Å². The van der Waals surface area contributed by atoms with Gasteiger partial charge < -0.3 is 10.6 Å². The Labute approximate surface area is 113 Å². The largest absolute Gasteiger partial charge is 0.385 e. The number of rotatable bonds is 4. The summed E-state index contributed by atoms with van der Waals surface area (Å²) in [7, 11) is -3.10. The van der Waals surface area contributed by atoms with Crippen molar-refractivity contribution in [1.82, 2.24) is 0 Å². The van der Waals surface area contributed by atoms with Crippen LogP contribution in [0.2, 0.25) is 0 Å². The van der Waals surface area contributed by atoms with E-state index in [0.717, 1.165) is 37.0 Å². The van der Waals surface area contributed by atoms with Crippen LogP contribution in [0.25, 0.3) is 0 Å². The Hall–Kier alpha value is -1.56. The molecule has 0 saturated heterocycles. The van der Waals surface area contributed by atoms with Gasteiger partial charge in [0, 0.05) is 30.6 Å². The van der Waals surface area contributed by atoms with Gasteiger partial charge in [0.15, 0.2) is 0 Å². The average Bonchev–Trinajstić information content (AvgIpc) is 2.35. The summed E-state index contributed by atoms with van der Waals surface area (Å²) in [4.78, 5) is 11.6. The molecule has 0 atom stereocenters. The molecule has 0 fully saturated rings. The van der Waals surface area contributed by atoms with Crippen LogP contribution in [0.15, 0.2) is 18.2 Å². The van der Waals surface area contributed by atoms with Crippen molar-refractivity contribution < 1.29 is 13.2 Å². The number of nitrogens with one attached hydrogen (secondary N) is 2. The third-order valence-electron chi connectivity index (χ3n) is 3.03. The minimum atomic E-state index is -3.10. The Balaban J connectivity index is 1.97. The number of aryl methyl sites for hydroxylation is 1. The van der Waals surface area contributed by atoms with E-state index in [1.54, 1.807) is 0 Å². The number of fused-ring (bicyclic) bond motifs is 1. The predicted molar refractivity (Wildman–Crippen MR) is 76.2 cm³/mol. The first-order valence-corrected chi connectivity index (χ1v) is 8.34. The molecular formula is C13H18N2O3S. The molecule has 6 heteroatoms. The van der Waals surface area contributed by atoms with Gasteiger partial charge in [0.05, 0.1) is 5.75 Å². The van der Waals surface area contributed by atoms with Crippen LogP contribution in [0.4, 0.5) is 11.4 Å². The average molecular weight is 282 g/mol. The van der Waals surface area contributed by atoms with Crippen molar-refractivity contribution in [3.63, 3.8) is 0 Å². The Kier molecular flexibility index (Phi) is 4.09. The highest BCUT2D eigenvalue weighted by molar-refractivity contribution is 7.90. The molecule has 1 aromatic rings. The van der Waals surface area contributed by atoms with Gasteiger partial charge >= 0.3 is 0 Å². The third-order valence-corrected chi connectivity index (χ3v) is 3.97. The van der Waals surface area contributed by atoms with Gasteiger partial charge in [-0.25, -0.2) is 8.42 Å². The number of amides is 1. The molecule has 19 heavy (non-hydrogen) atoms. The maximum Gasteiger partial charge on any atom is 0.225 e. The zero-order valence-electron chi connectivity index (χ0n) is 10.9. The highest BCUT2D eigenvalue weighted by Crippen LogP contribution is 2.25. The maximum absolute atomic E-state index is 11.6. The van der Waals surface area contributed by atoms with Crippen molar-refractivity contribution in [2.45, 2.75) is 19.3 Å². The summed E-state index contributed by atoms with van der Waals surface area (Å²) in [6, 6.07) is 5.72. The first-order chi connectivity index (χ1) is 8.94. The standard InChI is InChI=1S/C13H18N2O3S/c1-19(17,18)8-6-13(16)15-11-4-5-12-10(9-11)3-2-7-14-12/h4-5,9,14H,2-3,6-8H2,1H3,(H,15,16). The summed E-state index contributed by atoms with van der Waals surface area (Å²) in [6.45, 7) is 0.979. The molecule has 0 aliphatic carbocycles. The lowest BCUT2D eigenvalue weighted by atomic mass is 10.0. The number of anilines is 2. The van der Waals surface area contributed by atoms with Gasteiger partial charge in [-0.3, -0.25) is 4.79 Å². The van der Waals surface area contributed by atoms with Crippen LogP contribution in [0, 0.1) is 0 Å². The first-order valence-electron chi connectivity index (χ1n) is 6.28. The Morgan fingerprint density at radius 2 is 2.21 bits per heavy atom. The van der Waals surface area contributed by atoms with E-state index >= 15 is 0 Å². The van der Waals surface area contributed by atoms with Gasteiger partial charge in [0.2, 0.25) is 5.91 Å². The van der Waals surface area contributed by atoms with Crippen LogP contribution >= 0.6 is 0 Å². The predicted octanol–water partition coefficient (Wildman–Crippen LogP) is 1.42.